The van der Waals surface area contributed by atoms with Crippen LogP contribution in [0.5, 0.6) is 0 Å². The van der Waals surface area contributed by atoms with Gasteiger partial charge in [-0.15, -0.1) is 0 Å². The monoisotopic (exact) mass is 238 g/mol. The molecule has 0 aromatic heterocycles. The van der Waals surface area contributed by atoms with Crippen LogP contribution in [0.15, 0.2) is 0 Å². The molecule has 2 aliphatic rings. The topological polar surface area (TPSA) is 62.6 Å². The summed E-state index contributed by atoms with van der Waals surface area (Å²) in [4.78, 5) is 13.8. The molecular formula is C12H18N2O3. The molecule has 0 N–H and O–H groups in total. The Hall–Kier alpha value is -1.12. The van der Waals surface area contributed by atoms with Gasteiger partial charge in [-0.2, -0.15) is 5.26 Å². The van der Waals surface area contributed by atoms with Crippen molar-refractivity contribution < 1.29 is 14.3 Å². The van der Waals surface area contributed by atoms with Gasteiger partial charge in [-0.1, -0.05) is 0 Å². The molecule has 1 amide bonds. The lowest BCUT2D eigenvalue weighted by Gasteiger charge is -2.41. The summed E-state index contributed by atoms with van der Waals surface area (Å²) in [5.41, 5.74) is -0.239. The van der Waals surface area contributed by atoms with Crippen LogP contribution in [0.1, 0.15) is 25.7 Å². The highest BCUT2D eigenvalue weighted by Gasteiger charge is 2.40. The largest absolute Gasteiger partial charge is 0.378 e. The molecule has 0 aromatic rings. The van der Waals surface area contributed by atoms with Gasteiger partial charge in [-0.3, -0.25) is 4.79 Å². The summed E-state index contributed by atoms with van der Waals surface area (Å²) in [6.07, 6.45) is 3.00. The van der Waals surface area contributed by atoms with Crippen LogP contribution in [0.4, 0.5) is 0 Å². The van der Waals surface area contributed by atoms with Crippen LogP contribution in [-0.2, 0) is 14.3 Å². The SMILES string of the molecule is COC1(CC(=O)N2CCOC(C#N)C2)CCC1. The van der Waals surface area contributed by atoms with Gasteiger partial charge in [0.15, 0.2) is 6.10 Å². The summed E-state index contributed by atoms with van der Waals surface area (Å²) in [6.45, 7) is 1.41. The summed E-state index contributed by atoms with van der Waals surface area (Å²) in [5.74, 6) is 0.0788. The van der Waals surface area contributed by atoms with Gasteiger partial charge < -0.3 is 14.4 Å². The van der Waals surface area contributed by atoms with Gasteiger partial charge in [0.2, 0.25) is 5.91 Å². The van der Waals surface area contributed by atoms with E-state index in [9.17, 15) is 4.79 Å². The van der Waals surface area contributed by atoms with Crippen LogP contribution in [0.25, 0.3) is 0 Å². The predicted octanol–water partition coefficient (Wildman–Crippen LogP) is 0.697. The molecule has 0 bridgehead atoms. The van der Waals surface area contributed by atoms with Crippen LogP contribution in [0.3, 0.4) is 0 Å². The van der Waals surface area contributed by atoms with E-state index in [2.05, 4.69) is 0 Å². The van der Waals surface area contributed by atoms with E-state index >= 15 is 0 Å². The van der Waals surface area contributed by atoms with Gasteiger partial charge in [0, 0.05) is 13.7 Å². The van der Waals surface area contributed by atoms with E-state index < -0.39 is 6.10 Å². The lowest BCUT2D eigenvalue weighted by atomic mass is 9.77. The molecule has 1 aliphatic heterocycles. The molecule has 2 rings (SSSR count). The Labute approximate surface area is 101 Å². The minimum absolute atomic E-state index is 0.0788. The fourth-order valence-electron chi connectivity index (χ4n) is 2.37. The van der Waals surface area contributed by atoms with E-state index in [1.807, 2.05) is 6.07 Å². The van der Waals surface area contributed by atoms with Crippen LogP contribution >= 0.6 is 0 Å². The molecule has 1 saturated heterocycles. The van der Waals surface area contributed by atoms with Crippen LogP contribution in [-0.4, -0.2) is 49.3 Å². The molecular weight excluding hydrogens is 220 g/mol. The lowest BCUT2D eigenvalue weighted by Crippen LogP contribution is -2.49. The van der Waals surface area contributed by atoms with Gasteiger partial charge in [0.1, 0.15) is 0 Å². The number of carbonyl (C=O) groups excluding carboxylic acids is 1. The molecule has 1 heterocycles. The Bertz CT molecular complexity index is 328. The van der Waals surface area contributed by atoms with Crippen LogP contribution < -0.4 is 0 Å². The van der Waals surface area contributed by atoms with Crippen molar-refractivity contribution in [3.63, 3.8) is 0 Å². The molecule has 94 valence electrons. The first-order chi connectivity index (χ1) is 8.19. The van der Waals surface area contributed by atoms with E-state index in [4.69, 9.17) is 14.7 Å². The number of hydrogen-bond donors (Lipinski definition) is 0. The maximum Gasteiger partial charge on any atom is 0.225 e. The zero-order valence-electron chi connectivity index (χ0n) is 10.1. The number of carbonyl (C=O) groups is 1. The average Bonchev–Trinajstić information content (AvgIpc) is 2.33. The van der Waals surface area contributed by atoms with Crippen LogP contribution in [0.2, 0.25) is 0 Å². The minimum atomic E-state index is -0.479. The summed E-state index contributed by atoms with van der Waals surface area (Å²) < 4.78 is 10.7. The third-order valence-corrected chi connectivity index (χ3v) is 3.73. The van der Waals surface area contributed by atoms with E-state index in [0.717, 1.165) is 19.3 Å². The number of amides is 1. The lowest BCUT2D eigenvalue weighted by molar-refractivity contribution is -0.149. The summed E-state index contributed by atoms with van der Waals surface area (Å²) in [5, 5.41) is 8.79. The summed E-state index contributed by atoms with van der Waals surface area (Å²) in [7, 11) is 1.67. The molecule has 1 unspecified atom stereocenters. The molecule has 1 saturated carbocycles. The zero-order valence-corrected chi connectivity index (χ0v) is 10.1. The van der Waals surface area contributed by atoms with E-state index in [1.54, 1.807) is 12.0 Å². The van der Waals surface area contributed by atoms with Crippen molar-refractivity contribution in [3.05, 3.63) is 0 Å². The van der Waals surface area contributed by atoms with Crippen molar-refractivity contribution in [3.8, 4) is 6.07 Å². The maximum absolute atomic E-state index is 12.1. The second-order valence-electron chi connectivity index (χ2n) is 4.75. The number of morpholine rings is 1. The average molecular weight is 238 g/mol. The number of hydrogen-bond acceptors (Lipinski definition) is 4. The van der Waals surface area contributed by atoms with Gasteiger partial charge in [0.25, 0.3) is 0 Å². The van der Waals surface area contributed by atoms with Gasteiger partial charge in [0.05, 0.1) is 31.2 Å². The van der Waals surface area contributed by atoms with Gasteiger partial charge >= 0.3 is 0 Å². The highest BCUT2D eigenvalue weighted by molar-refractivity contribution is 5.77. The molecule has 17 heavy (non-hydrogen) atoms. The zero-order chi connectivity index (χ0) is 12.3. The van der Waals surface area contributed by atoms with Crippen molar-refractivity contribution in [2.24, 2.45) is 0 Å². The van der Waals surface area contributed by atoms with E-state index in [0.29, 0.717) is 26.1 Å². The fourth-order valence-corrected chi connectivity index (χ4v) is 2.37. The highest BCUT2D eigenvalue weighted by Crippen LogP contribution is 2.38. The minimum Gasteiger partial charge on any atom is -0.378 e. The van der Waals surface area contributed by atoms with Crippen molar-refractivity contribution in [2.75, 3.05) is 26.8 Å². The number of nitrogens with zero attached hydrogens (tertiary/aromatic N) is 2. The molecule has 1 atom stereocenters. The Kier molecular flexibility index (Phi) is 3.65. The first-order valence-electron chi connectivity index (χ1n) is 6.03. The maximum atomic E-state index is 12.1. The highest BCUT2D eigenvalue weighted by atomic mass is 16.5. The molecule has 5 heteroatoms. The molecule has 2 fully saturated rings. The van der Waals surface area contributed by atoms with Crippen molar-refractivity contribution in [1.29, 1.82) is 5.26 Å². The van der Waals surface area contributed by atoms with Crippen molar-refractivity contribution in [1.82, 2.24) is 4.90 Å². The standard InChI is InChI=1S/C12H18N2O3/c1-16-12(3-2-4-12)7-11(15)14-5-6-17-10(8-13)9-14/h10H,2-7,9H2,1H3. The first-order valence-corrected chi connectivity index (χ1v) is 6.03. The van der Waals surface area contributed by atoms with Crippen molar-refractivity contribution in [2.45, 2.75) is 37.4 Å². The number of ether oxygens (including phenoxy) is 2. The molecule has 0 spiro atoms. The quantitative estimate of drug-likeness (QED) is 0.726. The molecule has 0 aromatic carbocycles. The Morgan fingerprint density at radius 2 is 2.41 bits per heavy atom. The van der Waals surface area contributed by atoms with Gasteiger partial charge in [-0.25, -0.2) is 0 Å². The molecule has 1 aliphatic carbocycles. The van der Waals surface area contributed by atoms with Gasteiger partial charge in [-0.05, 0) is 19.3 Å². The second kappa shape index (κ2) is 5.03. The third-order valence-electron chi connectivity index (χ3n) is 3.73. The number of methoxy groups -OCH3 is 1. The van der Waals surface area contributed by atoms with Crippen molar-refractivity contribution >= 4 is 5.91 Å². The Morgan fingerprint density at radius 1 is 1.65 bits per heavy atom. The Balaban J connectivity index is 1.89. The Morgan fingerprint density at radius 3 is 2.94 bits per heavy atom. The van der Waals surface area contributed by atoms with Crippen LogP contribution in [0, 0.1) is 11.3 Å². The fraction of sp³-hybridized carbons (Fsp3) is 0.833. The first kappa shape index (κ1) is 12.3. The van der Waals surface area contributed by atoms with E-state index in [-0.39, 0.29) is 11.5 Å². The summed E-state index contributed by atoms with van der Waals surface area (Å²) >= 11 is 0. The van der Waals surface area contributed by atoms with E-state index in [1.165, 1.54) is 0 Å². The summed E-state index contributed by atoms with van der Waals surface area (Å²) in [6, 6.07) is 2.05. The molecule has 0 radical (unpaired) electrons. The third kappa shape index (κ3) is 2.59. The second-order valence-corrected chi connectivity index (χ2v) is 4.75. The normalized spacial score (nSPS) is 27.1. The number of rotatable bonds is 3. The number of nitriles is 1. The predicted molar refractivity (Wildman–Crippen MR) is 60.1 cm³/mol. The smallest absolute Gasteiger partial charge is 0.225 e. The molecule has 5 nitrogen and oxygen atoms in total.